The standard InChI is InChI=1S/C21H25NO4/c1-4-17-10-12-18(13-11-17)14-22(3)20(23)15-25-21(24)16(2)26-19-8-6-5-7-9-19/h5-13,16H,4,14-15H2,1-3H3. The van der Waals surface area contributed by atoms with Crippen LogP contribution in [0.2, 0.25) is 0 Å². The van der Waals surface area contributed by atoms with Crippen molar-refractivity contribution < 1.29 is 19.1 Å². The molecule has 0 aliphatic rings. The second kappa shape index (κ2) is 9.61. The normalized spacial score (nSPS) is 11.5. The van der Waals surface area contributed by atoms with Crippen molar-refractivity contribution >= 4 is 11.9 Å². The Kier molecular flexibility index (Phi) is 7.21. The molecule has 0 radical (unpaired) electrons. The van der Waals surface area contributed by atoms with E-state index in [2.05, 4.69) is 19.1 Å². The maximum absolute atomic E-state index is 12.2. The molecule has 0 bridgehead atoms. The third-order valence-corrected chi connectivity index (χ3v) is 4.00. The molecule has 1 atom stereocenters. The summed E-state index contributed by atoms with van der Waals surface area (Å²) in [5.41, 5.74) is 2.29. The third-order valence-electron chi connectivity index (χ3n) is 4.00. The van der Waals surface area contributed by atoms with E-state index in [1.165, 1.54) is 10.5 Å². The number of nitrogens with zero attached hydrogens (tertiary/aromatic N) is 1. The fourth-order valence-electron chi connectivity index (χ4n) is 2.35. The number of amides is 1. The van der Waals surface area contributed by atoms with Crippen molar-refractivity contribution in [2.24, 2.45) is 0 Å². The zero-order valence-electron chi connectivity index (χ0n) is 15.5. The van der Waals surface area contributed by atoms with E-state index in [-0.39, 0.29) is 12.5 Å². The van der Waals surface area contributed by atoms with Gasteiger partial charge in [0.1, 0.15) is 5.75 Å². The molecule has 138 valence electrons. The van der Waals surface area contributed by atoms with Gasteiger partial charge in [-0.15, -0.1) is 0 Å². The summed E-state index contributed by atoms with van der Waals surface area (Å²) in [7, 11) is 1.69. The number of hydrogen-bond acceptors (Lipinski definition) is 4. The number of rotatable bonds is 8. The maximum Gasteiger partial charge on any atom is 0.347 e. The summed E-state index contributed by atoms with van der Waals surface area (Å²) in [5.74, 6) is -0.247. The summed E-state index contributed by atoms with van der Waals surface area (Å²) in [6.07, 6.45) is 0.200. The first-order valence-corrected chi connectivity index (χ1v) is 8.69. The highest BCUT2D eigenvalue weighted by atomic mass is 16.6. The van der Waals surface area contributed by atoms with Crippen molar-refractivity contribution in [2.45, 2.75) is 32.9 Å². The molecule has 0 N–H and O–H groups in total. The molecule has 1 unspecified atom stereocenters. The van der Waals surface area contributed by atoms with Gasteiger partial charge in [0.05, 0.1) is 0 Å². The van der Waals surface area contributed by atoms with Crippen molar-refractivity contribution in [1.29, 1.82) is 0 Å². The highest BCUT2D eigenvalue weighted by Crippen LogP contribution is 2.11. The number of carbonyl (C=O) groups excluding carboxylic acids is 2. The summed E-state index contributed by atoms with van der Waals surface area (Å²) in [6.45, 7) is 3.86. The van der Waals surface area contributed by atoms with Crippen LogP contribution in [0.3, 0.4) is 0 Å². The lowest BCUT2D eigenvalue weighted by Gasteiger charge is -2.18. The summed E-state index contributed by atoms with van der Waals surface area (Å²) >= 11 is 0. The van der Waals surface area contributed by atoms with Crippen molar-refractivity contribution in [2.75, 3.05) is 13.7 Å². The lowest BCUT2D eigenvalue weighted by Crippen LogP contribution is -2.34. The average molecular weight is 355 g/mol. The zero-order valence-corrected chi connectivity index (χ0v) is 15.5. The van der Waals surface area contributed by atoms with Crippen molar-refractivity contribution in [3.63, 3.8) is 0 Å². The Bertz CT molecular complexity index is 713. The Morgan fingerprint density at radius 2 is 1.62 bits per heavy atom. The van der Waals surface area contributed by atoms with E-state index in [9.17, 15) is 9.59 Å². The van der Waals surface area contributed by atoms with Gasteiger partial charge in [0.25, 0.3) is 5.91 Å². The molecule has 0 saturated carbocycles. The highest BCUT2D eigenvalue weighted by Gasteiger charge is 2.19. The minimum Gasteiger partial charge on any atom is -0.479 e. The molecule has 0 fully saturated rings. The molecule has 26 heavy (non-hydrogen) atoms. The number of aryl methyl sites for hydroxylation is 1. The molecule has 0 heterocycles. The Hall–Kier alpha value is -2.82. The molecule has 0 aromatic heterocycles. The predicted molar refractivity (Wildman–Crippen MR) is 99.8 cm³/mol. The van der Waals surface area contributed by atoms with Gasteiger partial charge in [-0.1, -0.05) is 49.4 Å². The minimum absolute atomic E-state index is 0.259. The molecule has 0 saturated heterocycles. The fraction of sp³-hybridized carbons (Fsp3) is 0.333. The molecule has 5 heteroatoms. The summed E-state index contributed by atoms with van der Waals surface area (Å²) < 4.78 is 10.6. The molecule has 2 aromatic rings. The number of hydrogen-bond donors (Lipinski definition) is 0. The van der Waals surface area contributed by atoms with Gasteiger partial charge in [0.15, 0.2) is 12.7 Å². The quantitative estimate of drug-likeness (QED) is 0.682. The molecule has 5 nitrogen and oxygen atoms in total. The van der Waals surface area contributed by atoms with Crippen LogP contribution in [0.1, 0.15) is 25.0 Å². The van der Waals surface area contributed by atoms with E-state index in [1.807, 2.05) is 30.3 Å². The van der Waals surface area contributed by atoms with Gasteiger partial charge in [-0.3, -0.25) is 4.79 Å². The van der Waals surface area contributed by atoms with Crippen LogP contribution in [0.4, 0.5) is 0 Å². The second-order valence-electron chi connectivity index (χ2n) is 6.10. The van der Waals surface area contributed by atoms with Crippen LogP contribution in [-0.2, 0) is 27.3 Å². The van der Waals surface area contributed by atoms with Gasteiger partial charge in [0, 0.05) is 13.6 Å². The minimum atomic E-state index is -0.780. The van der Waals surface area contributed by atoms with Crippen LogP contribution in [0.15, 0.2) is 54.6 Å². The monoisotopic (exact) mass is 355 g/mol. The first-order chi connectivity index (χ1) is 12.5. The first kappa shape index (κ1) is 19.5. The average Bonchev–Trinajstić information content (AvgIpc) is 2.67. The molecule has 0 aliphatic heterocycles. The number of benzene rings is 2. The van der Waals surface area contributed by atoms with Crippen LogP contribution in [0, 0.1) is 0 Å². The van der Waals surface area contributed by atoms with Crippen molar-refractivity contribution in [1.82, 2.24) is 4.90 Å². The van der Waals surface area contributed by atoms with Crippen LogP contribution in [-0.4, -0.2) is 36.5 Å². The number of para-hydroxylation sites is 1. The molecule has 0 spiro atoms. The number of ether oxygens (including phenoxy) is 2. The van der Waals surface area contributed by atoms with E-state index < -0.39 is 12.1 Å². The summed E-state index contributed by atoms with van der Waals surface area (Å²) in [5, 5.41) is 0. The van der Waals surface area contributed by atoms with E-state index in [1.54, 1.807) is 26.1 Å². The van der Waals surface area contributed by atoms with Crippen molar-refractivity contribution in [3.8, 4) is 5.75 Å². The van der Waals surface area contributed by atoms with Crippen LogP contribution >= 0.6 is 0 Å². The Morgan fingerprint density at radius 1 is 1.00 bits per heavy atom. The van der Waals surface area contributed by atoms with Gasteiger partial charge in [-0.25, -0.2) is 4.79 Å². The van der Waals surface area contributed by atoms with Gasteiger partial charge in [-0.2, -0.15) is 0 Å². The Morgan fingerprint density at radius 3 is 2.23 bits per heavy atom. The van der Waals surface area contributed by atoms with E-state index in [4.69, 9.17) is 9.47 Å². The number of carbonyl (C=O) groups is 2. The molecule has 0 aliphatic carbocycles. The summed E-state index contributed by atoms with van der Waals surface area (Å²) in [6, 6.07) is 17.1. The van der Waals surface area contributed by atoms with Gasteiger partial charge in [0.2, 0.25) is 0 Å². The van der Waals surface area contributed by atoms with E-state index in [0.717, 1.165) is 12.0 Å². The molecule has 1 amide bonds. The van der Waals surface area contributed by atoms with Crippen LogP contribution in [0.25, 0.3) is 0 Å². The lowest BCUT2D eigenvalue weighted by atomic mass is 10.1. The predicted octanol–water partition coefficient (Wildman–Crippen LogP) is 3.22. The van der Waals surface area contributed by atoms with Gasteiger partial charge < -0.3 is 14.4 Å². The highest BCUT2D eigenvalue weighted by molar-refractivity contribution is 5.81. The fourth-order valence-corrected chi connectivity index (χ4v) is 2.35. The van der Waals surface area contributed by atoms with E-state index in [0.29, 0.717) is 12.3 Å². The topological polar surface area (TPSA) is 55.8 Å². The zero-order chi connectivity index (χ0) is 18.9. The SMILES string of the molecule is CCc1ccc(CN(C)C(=O)COC(=O)C(C)Oc2ccccc2)cc1. The molecular formula is C21H25NO4. The van der Waals surface area contributed by atoms with Crippen LogP contribution < -0.4 is 4.74 Å². The van der Waals surface area contributed by atoms with E-state index >= 15 is 0 Å². The smallest absolute Gasteiger partial charge is 0.347 e. The lowest BCUT2D eigenvalue weighted by molar-refractivity contribution is -0.157. The van der Waals surface area contributed by atoms with Crippen LogP contribution in [0.5, 0.6) is 5.75 Å². The number of esters is 1. The second-order valence-corrected chi connectivity index (χ2v) is 6.10. The van der Waals surface area contributed by atoms with Gasteiger partial charge >= 0.3 is 5.97 Å². The largest absolute Gasteiger partial charge is 0.479 e. The first-order valence-electron chi connectivity index (χ1n) is 8.69. The molecule has 2 rings (SSSR count). The molecule has 2 aromatic carbocycles. The Balaban J connectivity index is 1.78. The number of likely N-dealkylation sites (N-methyl/N-ethyl adjacent to an activating group) is 1. The summed E-state index contributed by atoms with van der Waals surface area (Å²) in [4.78, 5) is 25.7. The molecular weight excluding hydrogens is 330 g/mol. The third kappa shape index (κ3) is 5.92. The van der Waals surface area contributed by atoms with Crippen molar-refractivity contribution in [3.05, 3.63) is 65.7 Å². The maximum atomic E-state index is 12.2. The Labute approximate surface area is 154 Å². The van der Waals surface area contributed by atoms with Gasteiger partial charge in [-0.05, 0) is 36.6 Å².